The second-order valence-corrected chi connectivity index (χ2v) is 4.63. The van der Waals surface area contributed by atoms with Gasteiger partial charge in [0.05, 0.1) is 16.7 Å². The Morgan fingerprint density at radius 2 is 1.80 bits per heavy atom. The van der Waals surface area contributed by atoms with Crippen LogP contribution in [0.25, 0.3) is 28.1 Å². The highest BCUT2D eigenvalue weighted by molar-refractivity contribution is 5.80. The molecule has 0 aliphatic rings. The fourth-order valence-electron chi connectivity index (χ4n) is 2.37. The van der Waals surface area contributed by atoms with Gasteiger partial charge in [0.25, 0.3) is 0 Å². The smallest absolute Gasteiger partial charge is 0.235 e. The van der Waals surface area contributed by atoms with Crippen LogP contribution in [0.5, 0.6) is 5.75 Å². The Hall–Kier alpha value is -2.88. The van der Waals surface area contributed by atoms with Crippen LogP contribution < -0.4 is 0 Å². The number of fused-ring (bicyclic) bond motifs is 3. The van der Waals surface area contributed by atoms with Gasteiger partial charge in [0.15, 0.2) is 0 Å². The average Bonchev–Trinajstić information content (AvgIpc) is 2.85. The van der Waals surface area contributed by atoms with Crippen LogP contribution >= 0.6 is 0 Å². The number of rotatable bonds is 1. The Kier molecular flexibility index (Phi) is 2.23. The van der Waals surface area contributed by atoms with E-state index in [9.17, 15) is 5.11 Å². The van der Waals surface area contributed by atoms with Gasteiger partial charge in [-0.1, -0.05) is 24.3 Å². The van der Waals surface area contributed by atoms with E-state index in [1.54, 1.807) is 18.2 Å². The average molecular weight is 261 g/mol. The monoisotopic (exact) mass is 261 g/mol. The molecule has 0 bridgehead atoms. The van der Waals surface area contributed by atoms with Crippen molar-refractivity contribution in [3.8, 4) is 17.0 Å². The van der Waals surface area contributed by atoms with E-state index in [1.165, 1.54) is 0 Å². The van der Waals surface area contributed by atoms with E-state index in [2.05, 4.69) is 9.97 Å². The Morgan fingerprint density at radius 3 is 2.70 bits per heavy atom. The van der Waals surface area contributed by atoms with Crippen LogP contribution in [-0.2, 0) is 0 Å². The summed E-state index contributed by atoms with van der Waals surface area (Å²) in [5.74, 6) is 0.893. The van der Waals surface area contributed by atoms with E-state index < -0.39 is 0 Å². The fourth-order valence-corrected chi connectivity index (χ4v) is 2.37. The summed E-state index contributed by atoms with van der Waals surface area (Å²) in [6.45, 7) is 0. The van der Waals surface area contributed by atoms with Gasteiger partial charge < -0.3 is 5.11 Å². The normalized spacial score (nSPS) is 11.2. The molecule has 2 aromatic heterocycles. The number of hydrogen-bond donors (Lipinski definition) is 1. The minimum Gasteiger partial charge on any atom is -0.508 e. The van der Waals surface area contributed by atoms with E-state index in [0.717, 1.165) is 22.3 Å². The third kappa shape index (κ3) is 1.62. The Labute approximate surface area is 115 Å². The van der Waals surface area contributed by atoms with Crippen LogP contribution in [0.2, 0.25) is 0 Å². The fraction of sp³-hybridized carbons (Fsp3) is 0. The zero-order valence-corrected chi connectivity index (χ0v) is 10.6. The van der Waals surface area contributed by atoms with Crippen molar-refractivity contribution in [3.63, 3.8) is 0 Å². The van der Waals surface area contributed by atoms with E-state index in [1.807, 2.05) is 47.0 Å². The third-order valence-electron chi connectivity index (χ3n) is 3.32. The number of aromatic hydroxyl groups is 1. The number of phenolic OH excluding ortho intramolecular Hbond substituents is 1. The molecule has 0 atom stereocenters. The SMILES string of the molecule is Oc1cccc(-c2ccn3c(n2)nc2ccccc23)c1. The number of aromatic nitrogens is 3. The minimum atomic E-state index is 0.234. The Balaban J connectivity index is 1.97. The first kappa shape index (κ1) is 11.0. The zero-order valence-electron chi connectivity index (χ0n) is 10.6. The first-order chi connectivity index (χ1) is 9.81. The summed E-state index contributed by atoms with van der Waals surface area (Å²) in [6.07, 6.45) is 1.96. The number of nitrogens with zero attached hydrogens (tertiary/aromatic N) is 3. The van der Waals surface area contributed by atoms with E-state index in [4.69, 9.17) is 0 Å². The van der Waals surface area contributed by atoms with Gasteiger partial charge in [-0.2, -0.15) is 0 Å². The van der Waals surface area contributed by atoms with Gasteiger partial charge in [0.2, 0.25) is 5.78 Å². The van der Waals surface area contributed by atoms with Crippen LogP contribution in [0.1, 0.15) is 0 Å². The molecule has 0 spiro atoms. The molecule has 96 valence electrons. The largest absolute Gasteiger partial charge is 0.508 e. The van der Waals surface area contributed by atoms with Crippen molar-refractivity contribution in [3.05, 3.63) is 60.8 Å². The molecule has 0 saturated heterocycles. The number of benzene rings is 2. The van der Waals surface area contributed by atoms with Crippen LogP contribution in [0, 0.1) is 0 Å². The topological polar surface area (TPSA) is 50.4 Å². The highest BCUT2D eigenvalue weighted by Gasteiger charge is 2.07. The summed E-state index contributed by atoms with van der Waals surface area (Å²) in [7, 11) is 0. The molecule has 0 aliphatic heterocycles. The molecule has 4 aromatic rings. The summed E-state index contributed by atoms with van der Waals surface area (Å²) in [5.41, 5.74) is 3.63. The van der Waals surface area contributed by atoms with Gasteiger partial charge in [-0.15, -0.1) is 0 Å². The van der Waals surface area contributed by atoms with Crippen molar-refractivity contribution in [2.24, 2.45) is 0 Å². The van der Waals surface area contributed by atoms with Gasteiger partial charge in [-0.3, -0.25) is 4.40 Å². The van der Waals surface area contributed by atoms with E-state index in [0.29, 0.717) is 5.78 Å². The lowest BCUT2D eigenvalue weighted by molar-refractivity contribution is 0.475. The lowest BCUT2D eigenvalue weighted by Crippen LogP contribution is -1.90. The molecular weight excluding hydrogens is 250 g/mol. The lowest BCUT2D eigenvalue weighted by Gasteiger charge is -2.02. The summed E-state index contributed by atoms with van der Waals surface area (Å²) < 4.78 is 1.96. The van der Waals surface area contributed by atoms with Gasteiger partial charge in [0.1, 0.15) is 5.75 Å². The van der Waals surface area contributed by atoms with Gasteiger partial charge >= 0.3 is 0 Å². The first-order valence-corrected chi connectivity index (χ1v) is 6.34. The molecule has 4 nitrogen and oxygen atoms in total. The number of imidazole rings is 1. The zero-order chi connectivity index (χ0) is 13.5. The second-order valence-electron chi connectivity index (χ2n) is 4.63. The molecule has 0 amide bonds. The number of phenols is 1. The van der Waals surface area contributed by atoms with Crippen molar-refractivity contribution in [2.75, 3.05) is 0 Å². The molecule has 0 unspecified atom stereocenters. The van der Waals surface area contributed by atoms with Crippen molar-refractivity contribution in [1.82, 2.24) is 14.4 Å². The minimum absolute atomic E-state index is 0.234. The van der Waals surface area contributed by atoms with Crippen molar-refractivity contribution >= 4 is 16.8 Å². The Bertz CT molecular complexity index is 927. The van der Waals surface area contributed by atoms with Gasteiger partial charge in [-0.25, -0.2) is 9.97 Å². The van der Waals surface area contributed by atoms with Crippen LogP contribution in [0.15, 0.2) is 60.8 Å². The number of hydrogen-bond acceptors (Lipinski definition) is 3. The predicted octanol–water partition coefficient (Wildman–Crippen LogP) is 3.26. The van der Waals surface area contributed by atoms with Crippen molar-refractivity contribution < 1.29 is 5.11 Å². The molecule has 20 heavy (non-hydrogen) atoms. The molecule has 0 radical (unpaired) electrons. The predicted molar refractivity (Wildman–Crippen MR) is 77.6 cm³/mol. The molecule has 0 fully saturated rings. The summed E-state index contributed by atoms with van der Waals surface area (Å²) >= 11 is 0. The van der Waals surface area contributed by atoms with Gasteiger partial charge in [0, 0.05) is 11.8 Å². The van der Waals surface area contributed by atoms with Crippen LogP contribution in [0.3, 0.4) is 0 Å². The lowest BCUT2D eigenvalue weighted by atomic mass is 10.1. The van der Waals surface area contributed by atoms with Crippen LogP contribution in [-0.4, -0.2) is 19.5 Å². The maximum absolute atomic E-state index is 9.55. The maximum atomic E-state index is 9.55. The van der Waals surface area contributed by atoms with E-state index in [-0.39, 0.29) is 5.75 Å². The van der Waals surface area contributed by atoms with Crippen molar-refractivity contribution in [1.29, 1.82) is 0 Å². The third-order valence-corrected chi connectivity index (χ3v) is 3.32. The van der Waals surface area contributed by atoms with Gasteiger partial charge in [-0.05, 0) is 30.3 Å². The highest BCUT2D eigenvalue weighted by atomic mass is 16.3. The molecule has 2 aromatic carbocycles. The molecule has 1 N–H and O–H groups in total. The summed E-state index contributed by atoms with van der Waals surface area (Å²) in [5, 5.41) is 9.55. The molecule has 4 heteroatoms. The van der Waals surface area contributed by atoms with Crippen LogP contribution in [0.4, 0.5) is 0 Å². The maximum Gasteiger partial charge on any atom is 0.235 e. The Morgan fingerprint density at radius 1 is 0.900 bits per heavy atom. The molecule has 0 aliphatic carbocycles. The highest BCUT2D eigenvalue weighted by Crippen LogP contribution is 2.23. The van der Waals surface area contributed by atoms with E-state index >= 15 is 0 Å². The molecule has 4 rings (SSSR count). The first-order valence-electron chi connectivity index (χ1n) is 6.34. The number of para-hydroxylation sites is 2. The molecule has 0 saturated carbocycles. The summed E-state index contributed by atoms with van der Waals surface area (Å²) in [4.78, 5) is 9.08. The standard InChI is InChI=1S/C16H11N3O/c20-12-5-3-4-11(10-12)13-8-9-19-15-7-2-1-6-14(15)18-16(19)17-13/h1-10,20H. The van der Waals surface area contributed by atoms with Crippen molar-refractivity contribution in [2.45, 2.75) is 0 Å². The molecular formula is C16H11N3O. The second kappa shape index (κ2) is 4.06. The summed E-state index contributed by atoms with van der Waals surface area (Å²) in [6, 6.07) is 16.9. The quantitative estimate of drug-likeness (QED) is 0.572. The molecule has 2 heterocycles.